The molecule has 1 aliphatic rings. The van der Waals surface area contributed by atoms with Gasteiger partial charge in [-0.25, -0.2) is 18.4 Å². The zero-order valence-corrected chi connectivity index (χ0v) is 21.6. The van der Waals surface area contributed by atoms with Crippen LogP contribution in [0.25, 0.3) is 22.2 Å². The number of carbonyl (C=O) groups is 1. The second-order valence-corrected chi connectivity index (χ2v) is 11.3. The molecule has 0 unspecified atom stereocenters. The molecule has 0 aliphatic carbocycles. The largest absolute Gasteiger partial charge is 0.368 e. The van der Waals surface area contributed by atoms with Gasteiger partial charge in [-0.15, -0.1) is 0 Å². The molecule has 4 heterocycles. The molecular weight excluding hydrogens is 502 g/mol. The van der Waals surface area contributed by atoms with Crippen LogP contribution >= 0.6 is 0 Å². The number of sulfonamides is 1. The highest BCUT2D eigenvalue weighted by molar-refractivity contribution is 7.89. The highest BCUT2D eigenvalue weighted by Gasteiger charge is 2.29. The Bertz CT molecular complexity index is 1630. The molecule has 1 aromatic carbocycles. The summed E-state index contributed by atoms with van der Waals surface area (Å²) in [4.78, 5) is 20.4. The van der Waals surface area contributed by atoms with Crippen molar-refractivity contribution in [3.8, 4) is 17.2 Å². The Kier molecular flexibility index (Phi) is 6.84. The Labute approximate surface area is 220 Å². The molecule has 0 bridgehead atoms. The summed E-state index contributed by atoms with van der Waals surface area (Å²) in [7, 11) is -3.63. The maximum Gasteiger partial charge on any atom is 0.243 e. The van der Waals surface area contributed by atoms with Gasteiger partial charge in [0, 0.05) is 48.7 Å². The Morgan fingerprint density at radius 1 is 1.11 bits per heavy atom. The number of carbonyl (C=O) groups excluding carboxylic acids is 1. The number of piperidine rings is 1. The molecule has 0 saturated carbocycles. The number of aryl methyl sites for hydroxylation is 1. The van der Waals surface area contributed by atoms with Crippen LogP contribution in [0.1, 0.15) is 24.0 Å². The summed E-state index contributed by atoms with van der Waals surface area (Å²) in [5.41, 5.74) is 8.75. The number of amides is 1. The van der Waals surface area contributed by atoms with Crippen LogP contribution in [0.5, 0.6) is 0 Å². The van der Waals surface area contributed by atoms with E-state index in [4.69, 9.17) is 5.73 Å². The van der Waals surface area contributed by atoms with E-state index in [0.717, 1.165) is 22.5 Å². The van der Waals surface area contributed by atoms with E-state index < -0.39 is 15.9 Å². The van der Waals surface area contributed by atoms with E-state index in [1.165, 1.54) is 4.31 Å². The molecule has 1 fully saturated rings. The van der Waals surface area contributed by atoms with Gasteiger partial charge < -0.3 is 15.6 Å². The highest BCUT2D eigenvalue weighted by Crippen LogP contribution is 2.28. The normalized spacial score (nSPS) is 14.8. The summed E-state index contributed by atoms with van der Waals surface area (Å²) in [6.45, 7) is 2.76. The van der Waals surface area contributed by atoms with Crippen LogP contribution in [0, 0.1) is 18.3 Å². The molecule has 4 aromatic rings. The number of anilines is 1. The molecule has 1 aliphatic heterocycles. The van der Waals surface area contributed by atoms with E-state index in [1.54, 1.807) is 41.2 Å². The molecule has 10 nitrogen and oxygen atoms in total. The van der Waals surface area contributed by atoms with Gasteiger partial charge in [0.15, 0.2) is 0 Å². The van der Waals surface area contributed by atoms with Crippen molar-refractivity contribution < 1.29 is 13.2 Å². The summed E-state index contributed by atoms with van der Waals surface area (Å²) < 4.78 is 29.7. The number of hydrogen-bond donors (Lipinski definition) is 2. The number of hydrogen-bond acceptors (Lipinski definition) is 7. The summed E-state index contributed by atoms with van der Waals surface area (Å²) in [6.07, 6.45) is 6.37. The number of aromatic nitrogens is 3. The average Bonchev–Trinajstić information content (AvgIpc) is 3.26. The number of nitrogens with one attached hydrogen (secondary N) is 1. The summed E-state index contributed by atoms with van der Waals surface area (Å²) in [5, 5.41) is 13.5. The van der Waals surface area contributed by atoms with Crippen molar-refractivity contribution in [1.29, 1.82) is 5.26 Å². The first kappa shape index (κ1) is 25.4. The lowest BCUT2D eigenvalue weighted by Gasteiger charge is -2.32. The molecule has 3 N–H and O–H groups in total. The number of benzene rings is 1. The van der Waals surface area contributed by atoms with Gasteiger partial charge in [-0.1, -0.05) is 18.2 Å². The predicted octanol–water partition coefficient (Wildman–Crippen LogP) is 3.03. The first-order valence-corrected chi connectivity index (χ1v) is 13.7. The summed E-state index contributed by atoms with van der Waals surface area (Å²) in [6, 6.07) is 14.7. The van der Waals surface area contributed by atoms with Crippen LogP contribution < -0.4 is 11.1 Å². The lowest BCUT2D eigenvalue weighted by atomic mass is 10.1. The lowest BCUT2D eigenvalue weighted by Crippen LogP contribution is -2.42. The number of pyridine rings is 2. The third-order valence-electron chi connectivity index (χ3n) is 6.70. The zero-order valence-electron chi connectivity index (χ0n) is 20.8. The molecule has 1 saturated heterocycles. The van der Waals surface area contributed by atoms with Gasteiger partial charge >= 0.3 is 0 Å². The number of rotatable bonds is 7. The van der Waals surface area contributed by atoms with Gasteiger partial charge in [0.2, 0.25) is 15.9 Å². The maximum atomic E-state index is 13.3. The number of nitrogens with zero attached hydrogens (tertiary/aromatic N) is 5. The van der Waals surface area contributed by atoms with Crippen molar-refractivity contribution in [2.75, 3.05) is 18.4 Å². The van der Waals surface area contributed by atoms with Gasteiger partial charge in [0.1, 0.15) is 24.1 Å². The van der Waals surface area contributed by atoms with E-state index >= 15 is 0 Å². The molecule has 11 heteroatoms. The van der Waals surface area contributed by atoms with Crippen LogP contribution in [-0.2, 0) is 21.4 Å². The van der Waals surface area contributed by atoms with Crippen molar-refractivity contribution in [3.05, 3.63) is 72.2 Å². The van der Waals surface area contributed by atoms with Gasteiger partial charge in [0.25, 0.3) is 0 Å². The fourth-order valence-electron chi connectivity index (χ4n) is 4.68. The van der Waals surface area contributed by atoms with Gasteiger partial charge in [-0.3, -0.25) is 4.79 Å². The quantitative estimate of drug-likeness (QED) is 0.374. The van der Waals surface area contributed by atoms with Crippen LogP contribution in [0.3, 0.4) is 0 Å². The van der Waals surface area contributed by atoms with Crippen molar-refractivity contribution in [3.63, 3.8) is 0 Å². The molecule has 38 heavy (non-hydrogen) atoms. The minimum Gasteiger partial charge on any atom is -0.368 e. The molecule has 1 amide bonds. The third kappa shape index (κ3) is 5.09. The van der Waals surface area contributed by atoms with E-state index in [9.17, 15) is 18.5 Å². The first-order chi connectivity index (χ1) is 18.2. The topological polar surface area (TPSA) is 147 Å². The maximum absolute atomic E-state index is 13.3. The standard InChI is InChI=1S/C27H27N7O3S/c1-18-2-7-26(30-14-18)32-22-8-10-34(11-9-22)38(36,37)23-5-3-19(4-6-23)20-12-24-21(13-28)16-33(17-25(29)35)27(24)31-15-20/h2-7,12,14-16,22H,8-11,17H2,1H3,(H2,29,35)(H,30,32). The molecule has 0 atom stereocenters. The van der Waals surface area contributed by atoms with Gasteiger partial charge in [0.05, 0.1) is 10.5 Å². The number of primary amides is 1. The Balaban J connectivity index is 1.30. The number of fused-ring (bicyclic) bond motifs is 1. The van der Waals surface area contributed by atoms with Crippen molar-refractivity contribution in [1.82, 2.24) is 18.8 Å². The smallest absolute Gasteiger partial charge is 0.243 e. The van der Waals surface area contributed by atoms with Crippen LogP contribution in [0.4, 0.5) is 5.82 Å². The highest BCUT2D eigenvalue weighted by atomic mass is 32.2. The monoisotopic (exact) mass is 529 g/mol. The molecule has 5 rings (SSSR count). The zero-order chi connectivity index (χ0) is 26.9. The minimum absolute atomic E-state index is 0.0762. The van der Waals surface area contributed by atoms with Crippen LogP contribution in [0.2, 0.25) is 0 Å². The summed E-state index contributed by atoms with van der Waals surface area (Å²) in [5.74, 6) is 0.268. The molecule has 0 spiro atoms. The van der Waals surface area contributed by atoms with E-state index in [1.807, 2.05) is 31.3 Å². The molecule has 3 aromatic heterocycles. The fourth-order valence-corrected chi connectivity index (χ4v) is 6.15. The Morgan fingerprint density at radius 2 is 1.84 bits per heavy atom. The number of nitrogens with two attached hydrogens (primary N) is 1. The first-order valence-electron chi connectivity index (χ1n) is 12.2. The average molecular weight is 530 g/mol. The van der Waals surface area contributed by atoms with Crippen LogP contribution in [-0.4, -0.2) is 52.3 Å². The summed E-state index contributed by atoms with van der Waals surface area (Å²) >= 11 is 0. The van der Waals surface area contributed by atoms with Crippen LogP contribution in [0.15, 0.2) is 66.0 Å². The van der Waals surface area contributed by atoms with E-state index in [-0.39, 0.29) is 17.5 Å². The van der Waals surface area contributed by atoms with E-state index in [0.29, 0.717) is 42.5 Å². The van der Waals surface area contributed by atoms with Crippen molar-refractivity contribution >= 4 is 32.8 Å². The van der Waals surface area contributed by atoms with Crippen molar-refractivity contribution in [2.45, 2.75) is 37.2 Å². The number of nitriles is 1. The minimum atomic E-state index is -3.63. The lowest BCUT2D eigenvalue weighted by molar-refractivity contribution is -0.118. The second-order valence-electron chi connectivity index (χ2n) is 9.41. The third-order valence-corrected chi connectivity index (χ3v) is 8.62. The van der Waals surface area contributed by atoms with Gasteiger partial charge in [-0.2, -0.15) is 9.57 Å². The predicted molar refractivity (Wildman–Crippen MR) is 143 cm³/mol. The molecule has 194 valence electrons. The van der Waals surface area contributed by atoms with Crippen molar-refractivity contribution in [2.24, 2.45) is 5.73 Å². The van der Waals surface area contributed by atoms with E-state index in [2.05, 4.69) is 21.4 Å². The Morgan fingerprint density at radius 3 is 2.47 bits per heavy atom. The molecule has 0 radical (unpaired) electrons. The van der Waals surface area contributed by atoms with Gasteiger partial charge in [-0.05, 0) is 55.2 Å². The molecular formula is C27H27N7O3S. The fraction of sp³-hybridized carbons (Fsp3) is 0.259. The second kappa shape index (κ2) is 10.2. The Hall–Kier alpha value is -4.27. The SMILES string of the molecule is Cc1ccc(NC2CCN(S(=O)(=O)c3ccc(-c4cnc5c(c4)c(C#N)cn5CC(N)=O)cc3)CC2)nc1.